The molecule has 2 heterocycles. The Morgan fingerprint density at radius 3 is 2.68 bits per heavy atom. The molecule has 172 valence electrons. The molecule has 0 fully saturated rings. The molecular weight excluding hydrogens is 435 g/mol. The van der Waals surface area contributed by atoms with Crippen molar-refractivity contribution in [2.45, 2.75) is 19.8 Å². The number of carbonyl (C=O) groups excluding carboxylic acids is 1. The number of rotatable bonds is 7. The van der Waals surface area contributed by atoms with Crippen LogP contribution in [0.4, 0.5) is 16.0 Å². The van der Waals surface area contributed by atoms with Crippen molar-refractivity contribution < 1.29 is 13.9 Å². The van der Waals surface area contributed by atoms with E-state index in [1.54, 1.807) is 25.2 Å². The third-order valence-electron chi connectivity index (χ3n) is 4.97. The number of anilines is 2. The Hall–Kier alpha value is -4.40. The second-order valence-electron chi connectivity index (χ2n) is 7.75. The first-order chi connectivity index (χ1) is 16.4. The highest BCUT2D eigenvalue weighted by Gasteiger charge is 2.15. The van der Waals surface area contributed by atoms with E-state index in [0.29, 0.717) is 28.9 Å². The number of nitrogens with zero attached hydrogens (tertiary/aromatic N) is 4. The summed E-state index contributed by atoms with van der Waals surface area (Å²) in [7, 11) is 1.69. The first-order valence-corrected chi connectivity index (χ1v) is 10.6. The van der Waals surface area contributed by atoms with Gasteiger partial charge in [-0.2, -0.15) is 4.98 Å². The van der Waals surface area contributed by atoms with Crippen molar-refractivity contribution in [2.24, 2.45) is 0 Å². The van der Waals surface area contributed by atoms with Gasteiger partial charge in [-0.25, -0.2) is 19.3 Å². The van der Waals surface area contributed by atoms with Crippen LogP contribution in [0.2, 0.25) is 0 Å². The molecule has 0 aliphatic rings. The van der Waals surface area contributed by atoms with Crippen LogP contribution in [-0.4, -0.2) is 32.9 Å². The number of carbonyl (C=O) groups is 1. The summed E-state index contributed by atoms with van der Waals surface area (Å²) >= 11 is 0. The molecule has 4 aromatic rings. The van der Waals surface area contributed by atoms with Crippen LogP contribution >= 0.6 is 0 Å². The molecule has 2 N–H and O–H groups in total. The number of benzene rings is 2. The molecule has 1 amide bonds. The SMILES string of the molecule is CNc1ncnc(-c2cccnc2Oc2cc(F)cc(C(=O)Nc3cccc(C(C)C)c3)c2)n1. The Balaban J connectivity index is 1.60. The molecule has 0 saturated heterocycles. The molecule has 8 nitrogen and oxygen atoms in total. The molecule has 9 heteroatoms. The maximum absolute atomic E-state index is 14.4. The Morgan fingerprint density at radius 1 is 1.03 bits per heavy atom. The maximum atomic E-state index is 14.4. The second kappa shape index (κ2) is 10.0. The number of hydrogen-bond donors (Lipinski definition) is 2. The van der Waals surface area contributed by atoms with E-state index in [4.69, 9.17) is 4.74 Å². The van der Waals surface area contributed by atoms with E-state index in [1.807, 2.05) is 18.2 Å². The number of nitrogens with one attached hydrogen (secondary N) is 2. The minimum atomic E-state index is -0.617. The lowest BCUT2D eigenvalue weighted by Gasteiger charge is -2.12. The first kappa shape index (κ1) is 22.8. The minimum Gasteiger partial charge on any atom is -0.438 e. The van der Waals surface area contributed by atoms with Crippen molar-refractivity contribution >= 4 is 17.5 Å². The number of aromatic nitrogens is 4. The highest BCUT2D eigenvalue weighted by atomic mass is 19.1. The smallest absolute Gasteiger partial charge is 0.255 e. The summed E-state index contributed by atoms with van der Waals surface area (Å²) in [4.78, 5) is 29.5. The summed E-state index contributed by atoms with van der Waals surface area (Å²) in [5.41, 5.74) is 2.32. The van der Waals surface area contributed by atoms with Crippen LogP contribution in [0.1, 0.15) is 35.7 Å². The number of hydrogen-bond acceptors (Lipinski definition) is 7. The minimum absolute atomic E-state index is 0.111. The Labute approximate surface area is 196 Å². The van der Waals surface area contributed by atoms with Gasteiger partial charge in [0.1, 0.15) is 17.9 Å². The molecule has 34 heavy (non-hydrogen) atoms. The average molecular weight is 458 g/mol. The van der Waals surface area contributed by atoms with E-state index in [2.05, 4.69) is 44.4 Å². The van der Waals surface area contributed by atoms with E-state index in [0.717, 1.165) is 11.6 Å². The maximum Gasteiger partial charge on any atom is 0.255 e. The fourth-order valence-electron chi connectivity index (χ4n) is 3.23. The quantitative estimate of drug-likeness (QED) is 0.388. The standard InChI is InChI=1S/C25H23FN6O2/c1-15(2)16-6-4-7-19(11-16)31-23(33)17-10-18(26)13-20(12-17)34-24-21(8-5-9-28-24)22-29-14-30-25(27-3)32-22/h4-15H,1-3H3,(H,31,33)(H,27,29,30,32). The van der Waals surface area contributed by atoms with Crippen LogP contribution in [-0.2, 0) is 0 Å². The molecule has 0 radical (unpaired) electrons. The van der Waals surface area contributed by atoms with Gasteiger partial charge in [0.05, 0.1) is 5.56 Å². The lowest BCUT2D eigenvalue weighted by Crippen LogP contribution is -2.12. The van der Waals surface area contributed by atoms with Gasteiger partial charge in [0.2, 0.25) is 11.8 Å². The molecular formula is C25H23FN6O2. The summed E-state index contributed by atoms with van der Waals surface area (Å²) < 4.78 is 20.3. The largest absolute Gasteiger partial charge is 0.438 e. The summed E-state index contributed by atoms with van der Waals surface area (Å²) in [6.07, 6.45) is 2.90. The average Bonchev–Trinajstić information content (AvgIpc) is 2.84. The topological polar surface area (TPSA) is 102 Å². The van der Waals surface area contributed by atoms with Crippen molar-refractivity contribution in [3.63, 3.8) is 0 Å². The second-order valence-corrected chi connectivity index (χ2v) is 7.75. The van der Waals surface area contributed by atoms with Crippen molar-refractivity contribution in [1.29, 1.82) is 0 Å². The van der Waals surface area contributed by atoms with E-state index >= 15 is 0 Å². The van der Waals surface area contributed by atoms with Crippen molar-refractivity contribution in [2.75, 3.05) is 17.7 Å². The van der Waals surface area contributed by atoms with Gasteiger partial charge in [-0.05, 0) is 47.9 Å². The fraction of sp³-hybridized carbons (Fsp3) is 0.160. The zero-order chi connectivity index (χ0) is 24.1. The molecule has 0 aliphatic carbocycles. The Morgan fingerprint density at radius 2 is 1.88 bits per heavy atom. The first-order valence-electron chi connectivity index (χ1n) is 10.6. The van der Waals surface area contributed by atoms with Crippen LogP contribution in [0.15, 0.2) is 67.1 Å². The Kier molecular flexibility index (Phi) is 6.72. The monoisotopic (exact) mass is 458 g/mol. The number of amides is 1. The van der Waals surface area contributed by atoms with Gasteiger partial charge in [0.25, 0.3) is 5.91 Å². The predicted octanol–water partition coefficient (Wildman–Crippen LogP) is 5.28. The molecule has 0 spiro atoms. The molecule has 0 aliphatic heterocycles. The van der Waals surface area contributed by atoms with Gasteiger partial charge >= 0.3 is 0 Å². The fourth-order valence-corrected chi connectivity index (χ4v) is 3.23. The van der Waals surface area contributed by atoms with E-state index in [-0.39, 0.29) is 17.2 Å². The Bertz CT molecular complexity index is 1330. The highest BCUT2D eigenvalue weighted by Crippen LogP contribution is 2.30. The molecule has 0 atom stereocenters. The summed E-state index contributed by atoms with van der Waals surface area (Å²) in [6.45, 7) is 4.14. The number of pyridine rings is 1. The van der Waals surface area contributed by atoms with Crippen LogP contribution in [0.5, 0.6) is 11.6 Å². The summed E-state index contributed by atoms with van der Waals surface area (Å²) in [5.74, 6) is 0.234. The molecule has 4 rings (SSSR count). The molecule has 2 aromatic carbocycles. The van der Waals surface area contributed by atoms with Crippen molar-refractivity contribution in [3.8, 4) is 23.0 Å². The number of ether oxygens (including phenoxy) is 1. The summed E-state index contributed by atoms with van der Waals surface area (Å²) in [6, 6.07) is 14.8. The zero-order valence-electron chi connectivity index (χ0n) is 18.9. The third kappa shape index (κ3) is 5.32. The third-order valence-corrected chi connectivity index (χ3v) is 4.97. The molecule has 2 aromatic heterocycles. The zero-order valence-corrected chi connectivity index (χ0v) is 18.9. The van der Waals surface area contributed by atoms with E-state index < -0.39 is 11.7 Å². The van der Waals surface area contributed by atoms with Crippen molar-refractivity contribution in [1.82, 2.24) is 19.9 Å². The van der Waals surface area contributed by atoms with Gasteiger partial charge in [0, 0.05) is 30.6 Å². The van der Waals surface area contributed by atoms with Crippen LogP contribution < -0.4 is 15.4 Å². The van der Waals surface area contributed by atoms with Gasteiger partial charge in [-0.1, -0.05) is 26.0 Å². The van der Waals surface area contributed by atoms with E-state index in [1.165, 1.54) is 24.7 Å². The lowest BCUT2D eigenvalue weighted by molar-refractivity contribution is 0.102. The van der Waals surface area contributed by atoms with Gasteiger partial charge in [0.15, 0.2) is 5.82 Å². The van der Waals surface area contributed by atoms with Gasteiger partial charge < -0.3 is 15.4 Å². The highest BCUT2D eigenvalue weighted by molar-refractivity contribution is 6.04. The van der Waals surface area contributed by atoms with Crippen LogP contribution in [0.25, 0.3) is 11.4 Å². The predicted molar refractivity (Wildman–Crippen MR) is 128 cm³/mol. The normalized spacial score (nSPS) is 10.7. The molecule has 0 saturated carbocycles. The van der Waals surface area contributed by atoms with Crippen LogP contribution in [0.3, 0.4) is 0 Å². The molecule has 0 bridgehead atoms. The number of halogens is 1. The lowest BCUT2D eigenvalue weighted by atomic mass is 10.0. The molecule has 0 unspecified atom stereocenters. The van der Waals surface area contributed by atoms with Gasteiger partial charge in [-0.15, -0.1) is 0 Å². The summed E-state index contributed by atoms with van der Waals surface area (Å²) in [5, 5.41) is 5.66. The van der Waals surface area contributed by atoms with E-state index in [9.17, 15) is 9.18 Å². The van der Waals surface area contributed by atoms with Gasteiger partial charge in [-0.3, -0.25) is 4.79 Å². The van der Waals surface area contributed by atoms with Crippen LogP contribution in [0, 0.1) is 5.82 Å². The van der Waals surface area contributed by atoms with Crippen molar-refractivity contribution in [3.05, 3.63) is 84.1 Å².